The zero-order valence-electron chi connectivity index (χ0n) is 11.9. The van der Waals surface area contributed by atoms with Gasteiger partial charge in [-0.1, -0.05) is 18.5 Å². The summed E-state index contributed by atoms with van der Waals surface area (Å²) in [6.07, 6.45) is 1.16. The zero-order chi connectivity index (χ0) is 14.4. The number of hydrogen-bond acceptors (Lipinski definition) is 3. The second kappa shape index (κ2) is 8.08. The van der Waals surface area contributed by atoms with E-state index in [1.54, 1.807) is 0 Å². The van der Waals surface area contributed by atoms with E-state index in [1.807, 2.05) is 35.2 Å². The second-order valence-corrected chi connectivity index (χ2v) is 7.22. The normalized spacial score (nSPS) is 12.6. The Bertz CT molecular complexity index is 522. The standard InChI is InChI=1S/C16H20ClNS2/c1-3-9-18-15(16-12(2)8-10-19-16)11-20-14-6-4-13(17)5-7-14/h4-8,10,15,18H,3,9,11H2,1-2H3. The van der Waals surface area contributed by atoms with Crippen LogP contribution in [0.3, 0.4) is 0 Å². The molecule has 1 aromatic heterocycles. The van der Waals surface area contributed by atoms with Gasteiger partial charge in [-0.25, -0.2) is 0 Å². The van der Waals surface area contributed by atoms with Gasteiger partial charge in [-0.2, -0.15) is 0 Å². The van der Waals surface area contributed by atoms with Gasteiger partial charge in [-0.3, -0.25) is 0 Å². The van der Waals surface area contributed by atoms with Crippen LogP contribution >= 0.6 is 34.7 Å². The number of aryl methyl sites for hydroxylation is 1. The van der Waals surface area contributed by atoms with Crippen molar-refractivity contribution >= 4 is 34.7 Å². The van der Waals surface area contributed by atoms with Crippen molar-refractivity contribution in [3.63, 3.8) is 0 Å². The summed E-state index contributed by atoms with van der Waals surface area (Å²) in [5.41, 5.74) is 1.39. The van der Waals surface area contributed by atoms with Gasteiger partial charge < -0.3 is 5.32 Å². The van der Waals surface area contributed by atoms with Crippen LogP contribution in [0, 0.1) is 6.92 Å². The minimum atomic E-state index is 0.427. The van der Waals surface area contributed by atoms with E-state index in [2.05, 4.69) is 42.7 Å². The minimum Gasteiger partial charge on any atom is -0.309 e. The van der Waals surface area contributed by atoms with Crippen molar-refractivity contribution < 1.29 is 0 Å². The van der Waals surface area contributed by atoms with Crippen LogP contribution in [0.15, 0.2) is 40.6 Å². The van der Waals surface area contributed by atoms with Crippen molar-refractivity contribution in [1.82, 2.24) is 5.32 Å². The summed E-state index contributed by atoms with van der Waals surface area (Å²) in [5, 5.41) is 6.63. The van der Waals surface area contributed by atoms with Crippen molar-refractivity contribution in [2.75, 3.05) is 12.3 Å². The summed E-state index contributed by atoms with van der Waals surface area (Å²) in [7, 11) is 0. The molecule has 0 saturated heterocycles. The fourth-order valence-corrected chi connectivity index (χ4v) is 4.20. The van der Waals surface area contributed by atoms with Gasteiger partial charge in [-0.15, -0.1) is 23.1 Å². The molecule has 1 aromatic carbocycles. The van der Waals surface area contributed by atoms with E-state index < -0.39 is 0 Å². The molecule has 0 aliphatic carbocycles. The predicted octanol–water partition coefficient (Wildman–Crippen LogP) is 5.54. The molecule has 0 bridgehead atoms. The van der Waals surface area contributed by atoms with Gasteiger partial charge in [0.1, 0.15) is 0 Å². The first kappa shape index (κ1) is 15.9. The highest BCUT2D eigenvalue weighted by molar-refractivity contribution is 7.99. The molecular weight excluding hydrogens is 306 g/mol. The molecule has 1 nitrogen and oxygen atoms in total. The van der Waals surface area contributed by atoms with E-state index in [0.29, 0.717) is 6.04 Å². The summed E-state index contributed by atoms with van der Waals surface area (Å²) >= 11 is 9.65. The Hall–Kier alpha value is -0.480. The zero-order valence-corrected chi connectivity index (χ0v) is 14.2. The monoisotopic (exact) mass is 325 g/mol. The summed E-state index contributed by atoms with van der Waals surface area (Å²) in [4.78, 5) is 2.73. The summed E-state index contributed by atoms with van der Waals surface area (Å²) < 4.78 is 0. The van der Waals surface area contributed by atoms with Gasteiger partial charge >= 0.3 is 0 Å². The molecule has 4 heteroatoms. The average Bonchev–Trinajstić information content (AvgIpc) is 2.87. The van der Waals surface area contributed by atoms with E-state index >= 15 is 0 Å². The SMILES string of the molecule is CCCNC(CSc1ccc(Cl)cc1)c1sccc1C. The van der Waals surface area contributed by atoms with Gasteiger partial charge in [0, 0.05) is 20.5 Å². The first-order valence-corrected chi connectivity index (χ1v) is 9.10. The molecule has 1 atom stereocenters. The molecule has 1 unspecified atom stereocenters. The van der Waals surface area contributed by atoms with E-state index in [0.717, 1.165) is 23.7 Å². The molecule has 108 valence electrons. The molecule has 0 aliphatic rings. The third-order valence-electron chi connectivity index (χ3n) is 3.09. The van der Waals surface area contributed by atoms with E-state index in [4.69, 9.17) is 11.6 Å². The molecule has 2 aromatic rings. The number of thiophene rings is 1. The molecule has 0 radical (unpaired) electrons. The fourth-order valence-electron chi connectivity index (χ4n) is 2.00. The molecule has 0 fully saturated rings. The lowest BCUT2D eigenvalue weighted by atomic mass is 10.2. The van der Waals surface area contributed by atoms with E-state index in [-0.39, 0.29) is 0 Å². The Labute approximate surface area is 134 Å². The lowest BCUT2D eigenvalue weighted by molar-refractivity contribution is 0.583. The summed E-state index contributed by atoms with van der Waals surface area (Å²) in [6.45, 7) is 5.46. The fraction of sp³-hybridized carbons (Fsp3) is 0.375. The Morgan fingerprint density at radius 2 is 2.00 bits per heavy atom. The first-order valence-electron chi connectivity index (χ1n) is 6.86. The Kier molecular flexibility index (Phi) is 6.43. The van der Waals surface area contributed by atoms with E-state index in [9.17, 15) is 0 Å². The minimum absolute atomic E-state index is 0.427. The lowest BCUT2D eigenvalue weighted by Gasteiger charge is -2.18. The number of benzene rings is 1. The van der Waals surface area contributed by atoms with Gasteiger partial charge in [0.15, 0.2) is 0 Å². The number of nitrogens with one attached hydrogen (secondary N) is 1. The maximum Gasteiger partial charge on any atom is 0.0512 e. The average molecular weight is 326 g/mol. The smallest absolute Gasteiger partial charge is 0.0512 e. The van der Waals surface area contributed by atoms with Crippen molar-refractivity contribution in [2.45, 2.75) is 31.2 Å². The van der Waals surface area contributed by atoms with Crippen LogP contribution in [0.2, 0.25) is 5.02 Å². The molecule has 0 amide bonds. The Morgan fingerprint density at radius 1 is 1.25 bits per heavy atom. The number of hydrogen-bond donors (Lipinski definition) is 1. The third kappa shape index (κ3) is 4.52. The molecule has 0 saturated carbocycles. The highest BCUT2D eigenvalue weighted by Gasteiger charge is 2.14. The van der Waals surface area contributed by atoms with Crippen LogP contribution in [0.25, 0.3) is 0 Å². The van der Waals surface area contributed by atoms with Gasteiger partial charge in [0.25, 0.3) is 0 Å². The van der Waals surface area contributed by atoms with Crippen LogP contribution in [-0.4, -0.2) is 12.3 Å². The third-order valence-corrected chi connectivity index (χ3v) is 5.58. The Balaban J connectivity index is 2.01. The summed E-state index contributed by atoms with van der Waals surface area (Å²) in [5.74, 6) is 1.04. The van der Waals surface area contributed by atoms with Crippen LogP contribution in [-0.2, 0) is 0 Å². The van der Waals surface area contributed by atoms with Crippen molar-refractivity contribution in [3.05, 3.63) is 51.2 Å². The molecule has 20 heavy (non-hydrogen) atoms. The summed E-state index contributed by atoms with van der Waals surface area (Å²) in [6, 6.07) is 10.7. The lowest BCUT2D eigenvalue weighted by Crippen LogP contribution is -2.23. The van der Waals surface area contributed by atoms with Crippen LogP contribution in [0.5, 0.6) is 0 Å². The highest BCUT2D eigenvalue weighted by Crippen LogP contribution is 2.30. The quantitative estimate of drug-likeness (QED) is 0.670. The van der Waals surface area contributed by atoms with Gasteiger partial charge in [0.05, 0.1) is 6.04 Å². The number of thioether (sulfide) groups is 1. The van der Waals surface area contributed by atoms with Crippen molar-refractivity contribution in [2.24, 2.45) is 0 Å². The first-order chi connectivity index (χ1) is 9.70. The molecular formula is C16H20ClNS2. The van der Waals surface area contributed by atoms with Gasteiger partial charge in [0.2, 0.25) is 0 Å². The second-order valence-electron chi connectivity index (χ2n) is 4.74. The maximum absolute atomic E-state index is 5.92. The van der Waals surface area contributed by atoms with Crippen LogP contribution in [0.4, 0.5) is 0 Å². The molecule has 2 rings (SSSR count). The van der Waals surface area contributed by atoms with Crippen molar-refractivity contribution in [1.29, 1.82) is 0 Å². The van der Waals surface area contributed by atoms with Crippen LogP contribution < -0.4 is 5.32 Å². The van der Waals surface area contributed by atoms with Crippen LogP contribution in [0.1, 0.15) is 29.8 Å². The van der Waals surface area contributed by atoms with E-state index in [1.165, 1.54) is 15.3 Å². The highest BCUT2D eigenvalue weighted by atomic mass is 35.5. The molecule has 1 heterocycles. The Morgan fingerprint density at radius 3 is 2.60 bits per heavy atom. The molecule has 0 aliphatic heterocycles. The largest absolute Gasteiger partial charge is 0.309 e. The van der Waals surface area contributed by atoms with Gasteiger partial charge in [-0.05, 0) is 61.2 Å². The molecule has 0 spiro atoms. The topological polar surface area (TPSA) is 12.0 Å². The maximum atomic E-state index is 5.92. The molecule has 1 N–H and O–H groups in total. The number of rotatable bonds is 7. The van der Waals surface area contributed by atoms with Crippen molar-refractivity contribution in [3.8, 4) is 0 Å². The number of halogens is 1. The predicted molar refractivity (Wildman–Crippen MR) is 92.3 cm³/mol.